The van der Waals surface area contributed by atoms with Crippen LogP contribution >= 0.6 is 0 Å². The Bertz CT molecular complexity index is 1360. The van der Waals surface area contributed by atoms with Crippen LogP contribution in [0.2, 0.25) is 0 Å². The number of aromatic nitrogens is 4. The van der Waals surface area contributed by atoms with Gasteiger partial charge in [-0.15, -0.1) is 10.2 Å². The second kappa shape index (κ2) is 7.83. The van der Waals surface area contributed by atoms with Crippen molar-refractivity contribution in [3.05, 3.63) is 28.8 Å². The molecule has 5 aliphatic rings. The van der Waals surface area contributed by atoms with Crippen LogP contribution in [0.5, 0.6) is 0 Å². The fourth-order valence-corrected chi connectivity index (χ4v) is 10.8. The summed E-state index contributed by atoms with van der Waals surface area (Å²) in [6, 6.07) is 2.32. The number of fused-ring (bicyclic) bond motifs is 7. The van der Waals surface area contributed by atoms with Crippen molar-refractivity contribution >= 4 is 5.78 Å². The van der Waals surface area contributed by atoms with E-state index in [0.29, 0.717) is 12.0 Å². The highest BCUT2D eigenvalue weighted by atomic mass is 16.3. The maximum absolute atomic E-state index is 14.6. The highest BCUT2D eigenvalue weighted by molar-refractivity contribution is 5.95. The summed E-state index contributed by atoms with van der Waals surface area (Å²) in [7, 11) is 1.83. The number of aliphatic hydroxyl groups excluding tert-OH is 1. The largest absolute Gasteiger partial charge is 0.511 e. The fraction of sp³-hybridized carbons (Fsp3) is 0.781. The van der Waals surface area contributed by atoms with Crippen molar-refractivity contribution in [2.45, 2.75) is 105 Å². The first-order valence-corrected chi connectivity index (χ1v) is 14.9. The molecule has 7 nitrogen and oxygen atoms in total. The Morgan fingerprint density at radius 3 is 2.38 bits per heavy atom. The summed E-state index contributed by atoms with van der Waals surface area (Å²) in [6.45, 7) is 15.9. The minimum absolute atomic E-state index is 0.0977. The molecular weight excluding hydrogens is 486 g/mol. The van der Waals surface area contributed by atoms with Gasteiger partial charge in [0.15, 0.2) is 11.6 Å². The molecule has 3 saturated carbocycles. The molecule has 0 radical (unpaired) electrons. The first-order chi connectivity index (χ1) is 18.1. The number of hydrogen-bond donors (Lipinski definition) is 1. The average molecular weight is 532 g/mol. The molecule has 0 spiro atoms. The predicted molar refractivity (Wildman–Crippen MR) is 148 cm³/mol. The van der Waals surface area contributed by atoms with Gasteiger partial charge in [-0.3, -0.25) is 4.79 Å². The van der Waals surface area contributed by atoms with Crippen molar-refractivity contribution in [3.63, 3.8) is 0 Å². The number of allylic oxidation sites excluding steroid dienone is 4. The second-order valence-corrected chi connectivity index (χ2v) is 15.8. The zero-order chi connectivity index (χ0) is 28.4. The molecule has 3 fully saturated rings. The normalized spacial score (nSPS) is 44.3. The highest BCUT2D eigenvalue weighted by Crippen LogP contribution is 2.75. The summed E-state index contributed by atoms with van der Waals surface area (Å²) in [5.74, 6) is 1.56. The van der Waals surface area contributed by atoms with Crippen LogP contribution in [-0.4, -0.2) is 31.1 Å². The van der Waals surface area contributed by atoms with E-state index in [4.69, 9.17) is 5.10 Å². The standard InChI is InChI=1S/C32H45N5O2/c1-27(2)11-13-32(26-34-36-37(8)35-26)14-12-31(7)24(20(32)17-27)21(38)15-23-29(5)16-19(18-33)25(39)28(3,4)22(29)9-10-30(23,31)6/h15,20,22,24,39H,9-14,16-17H2,1-8H3/t20-,22-,24-,29-,30+,31+,32-/m0/s1. The molecule has 7 atom stereocenters. The average Bonchev–Trinajstić information content (AvgIpc) is 3.29. The Hall–Kier alpha value is -2.49. The topological polar surface area (TPSA) is 105 Å². The molecule has 1 heterocycles. The lowest BCUT2D eigenvalue weighted by molar-refractivity contribution is -0.161. The first-order valence-electron chi connectivity index (χ1n) is 14.9. The van der Waals surface area contributed by atoms with Crippen LogP contribution in [0.4, 0.5) is 0 Å². The molecule has 39 heavy (non-hydrogen) atoms. The summed E-state index contributed by atoms with van der Waals surface area (Å²) >= 11 is 0. The monoisotopic (exact) mass is 531 g/mol. The minimum Gasteiger partial charge on any atom is -0.511 e. The Morgan fingerprint density at radius 1 is 1.05 bits per heavy atom. The molecule has 7 heteroatoms. The summed E-state index contributed by atoms with van der Waals surface area (Å²) < 4.78 is 0. The molecule has 1 N–H and O–H groups in total. The summed E-state index contributed by atoms with van der Waals surface area (Å²) in [4.78, 5) is 16.2. The van der Waals surface area contributed by atoms with Crippen molar-refractivity contribution in [3.8, 4) is 6.07 Å². The third kappa shape index (κ3) is 3.21. The Labute approximate surface area is 233 Å². The van der Waals surface area contributed by atoms with Crippen molar-refractivity contribution in [2.24, 2.45) is 51.9 Å². The number of carbonyl (C=O) groups is 1. The van der Waals surface area contributed by atoms with E-state index in [1.807, 2.05) is 13.1 Å². The van der Waals surface area contributed by atoms with Crippen LogP contribution in [-0.2, 0) is 17.3 Å². The van der Waals surface area contributed by atoms with Gasteiger partial charge in [0.05, 0.1) is 18.7 Å². The van der Waals surface area contributed by atoms with Crippen LogP contribution in [0.25, 0.3) is 0 Å². The summed E-state index contributed by atoms with van der Waals surface area (Å²) in [5.41, 5.74) is 0.425. The van der Waals surface area contributed by atoms with E-state index in [2.05, 4.69) is 64.8 Å². The Balaban J connectivity index is 1.52. The maximum atomic E-state index is 14.6. The Kier molecular flexibility index (Phi) is 5.36. The molecule has 0 bridgehead atoms. The van der Waals surface area contributed by atoms with Crippen LogP contribution < -0.4 is 0 Å². The molecule has 0 aromatic carbocycles. The minimum atomic E-state index is -0.506. The van der Waals surface area contributed by atoms with E-state index in [0.717, 1.165) is 50.8 Å². The molecule has 0 aliphatic heterocycles. The van der Waals surface area contributed by atoms with Crippen LogP contribution in [0.1, 0.15) is 106 Å². The fourth-order valence-electron chi connectivity index (χ4n) is 10.8. The number of hydrogen-bond acceptors (Lipinski definition) is 6. The summed E-state index contributed by atoms with van der Waals surface area (Å²) in [6.07, 6.45) is 9.48. The number of nitriles is 1. The van der Waals surface area contributed by atoms with Gasteiger partial charge in [-0.25, -0.2) is 0 Å². The first kappa shape index (κ1) is 26.7. The number of aryl methyl sites for hydroxylation is 1. The van der Waals surface area contributed by atoms with Gasteiger partial charge < -0.3 is 5.11 Å². The number of nitrogens with zero attached hydrogens (tertiary/aromatic N) is 5. The van der Waals surface area contributed by atoms with Crippen LogP contribution in [0, 0.1) is 56.2 Å². The van der Waals surface area contributed by atoms with Gasteiger partial charge in [0.2, 0.25) is 0 Å². The molecule has 6 rings (SSSR count). The third-order valence-electron chi connectivity index (χ3n) is 13.1. The van der Waals surface area contributed by atoms with Crippen molar-refractivity contribution in [2.75, 3.05) is 0 Å². The molecule has 0 saturated heterocycles. The quantitative estimate of drug-likeness (QED) is 0.450. The molecule has 1 aromatic heterocycles. The van der Waals surface area contributed by atoms with Crippen molar-refractivity contribution < 1.29 is 9.90 Å². The number of ketones is 1. The number of aliphatic hydroxyl groups is 1. The van der Waals surface area contributed by atoms with Crippen molar-refractivity contribution in [1.82, 2.24) is 20.2 Å². The summed E-state index contributed by atoms with van der Waals surface area (Å²) in [5, 5.41) is 34.6. The molecule has 1 aromatic rings. The maximum Gasteiger partial charge on any atom is 0.181 e. The van der Waals surface area contributed by atoms with E-state index in [1.165, 1.54) is 5.57 Å². The van der Waals surface area contributed by atoms with E-state index in [-0.39, 0.29) is 56.4 Å². The molecule has 5 aliphatic carbocycles. The number of tetrazole rings is 1. The molecule has 0 amide bonds. The SMILES string of the molecule is Cn1nnc([C@]23CCC(C)(C)C[C@H]2[C@H]2C(=O)C=C4[C@@]5(C)CC(C#N)=C(O)C(C)(C)[C@@H]5CC[C@@]4(C)[C@]2(C)CC3)n1. The molecule has 210 valence electrons. The molecular formula is C32H45N5O2. The van der Waals surface area contributed by atoms with E-state index >= 15 is 0 Å². The van der Waals surface area contributed by atoms with Gasteiger partial charge in [-0.2, -0.15) is 10.1 Å². The van der Waals surface area contributed by atoms with Gasteiger partial charge in [0.1, 0.15) is 5.76 Å². The lowest BCUT2D eigenvalue weighted by Crippen LogP contribution is -2.65. The van der Waals surface area contributed by atoms with Gasteiger partial charge in [-0.05, 0) is 96.2 Å². The van der Waals surface area contributed by atoms with Crippen LogP contribution in [0.15, 0.2) is 23.0 Å². The van der Waals surface area contributed by atoms with Crippen LogP contribution in [0.3, 0.4) is 0 Å². The van der Waals surface area contributed by atoms with Gasteiger partial charge in [-0.1, -0.05) is 54.0 Å². The predicted octanol–water partition coefficient (Wildman–Crippen LogP) is 6.39. The van der Waals surface area contributed by atoms with Crippen molar-refractivity contribution in [1.29, 1.82) is 5.26 Å². The van der Waals surface area contributed by atoms with E-state index in [9.17, 15) is 15.2 Å². The number of rotatable bonds is 1. The lowest BCUT2D eigenvalue weighted by Gasteiger charge is -2.69. The zero-order valence-corrected chi connectivity index (χ0v) is 25.1. The zero-order valence-electron chi connectivity index (χ0n) is 25.1. The van der Waals surface area contributed by atoms with E-state index < -0.39 is 5.41 Å². The lowest BCUT2D eigenvalue weighted by atomic mass is 9.34. The van der Waals surface area contributed by atoms with Gasteiger partial charge in [0.25, 0.3) is 0 Å². The van der Waals surface area contributed by atoms with Gasteiger partial charge >= 0.3 is 0 Å². The van der Waals surface area contributed by atoms with E-state index in [1.54, 1.807) is 4.80 Å². The van der Waals surface area contributed by atoms with Gasteiger partial charge in [0, 0.05) is 16.7 Å². The Morgan fingerprint density at radius 2 is 1.74 bits per heavy atom. The highest BCUT2D eigenvalue weighted by Gasteiger charge is 2.70. The molecule has 0 unspecified atom stereocenters. The smallest absolute Gasteiger partial charge is 0.181 e. The second-order valence-electron chi connectivity index (χ2n) is 15.8. The third-order valence-corrected chi connectivity index (χ3v) is 13.1. The number of carbonyl (C=O) groups excluding carboxylic acids is 1.